The molecule has 4 aromatic carbocycles. The van der Waals surface area contributed by atoms with Crippen molar-refractivity contribution < 1.29 is 9.47 Å². The molecular formula is C38H43N3O2. The van der Waals surface area contributed by atoms with Crippen LogP contribution in [0.5, 0.6) is 11.5 Å². The Morgan fingerprint density at radius 2 is 1.23 bits per heavy atom. The molecule has 0 bridgehead atoms. The van der Waals surface area contributed by atoms with Gasteiger partial charge in [0, 0.05) is 37.3 Å². The molecule has 5 nitrogen and oxygen atoms in total. The zero-order chi connectivity index (χ0) is 29.9. The molecular weight excluding hydrogens is 530 g/mol. The van der Waals surface area contributed by atoms with Gasteiger partial charge in [0.05, 0.1) is 25.1 Å². The molecule has 0 aliphatic carbocycles. The second-order valence-corrected chi connectivity index (χ2v) is 11.0. The van der Waals surface area contributed by atoms with E-state index in [1.54, 1.807) is 7.11 Å². The van der Waals surface area contributed by atoms with Crippen LogP contribution in [0, 0.1) is 0 Å². The van der Waals surface area contributed by atoms with E-state index in [9.17, 15) is 0 Å². The molecule has 0 amide bonds. The Hall–Kier alpha value is -4.35. The summed E-state index contributed by atoms with van der Waals surface area (Å²) in [6.45, 7) is 8.39. The van der Waals surface area contributed by atoms with Crippen LogP contribution >= 0.6 is 0 Å². The molecule has 0 spiro atoms. The quantitative estimate of drug-likeness (QED) is 0.125. The topological polar surface area (TPSA) is 39.5 Å². The van der Waals surface area contributed by atoms with Gasteiger partial charge in [-0.3, -0.25) is 4.90 Å². The van der Waals surface area contributed by atoms with E-state index in [4.69, 9.17) is 14.5 Å². The summed E-state index contributed by atoms with van der Waals surface area (Å²) >= 11 is 0. The highest BCUT2D eigenvalue weighted by Crippen LogP contribution is 2.32. The molecule has 0 saturated heterocycles. The zero-order valence-corrected chi connectivity index (χ0v) is 25.7. The molecule has 0 aliphatic heterocycles. The van der Waals surface area contributed by atoms with E-state index in [1.165, 1.54) is 16.8 Å². The van der Waals surface area contributed by atoms with Gasteiger partial charge in [0.1, 0.15) is 17.3 Å². The minimum atomic E-state index is 0.733. The zero-order valence-electron chi connectivity index (χ0n) is 25.7. The lowest BCUT2D eigenvalue weighted by molar-refractivity contribution is 0.241. The highest BCUT2D eigenvalue weighted by Gasteiger charge is 2.22. The minimum absolute atomic E-state index is 0.733. The lowest BCUT2D eigenvalue weighted by Gasteiger charge is -2.25. The molecule has 43 heavy (non-hydrogen) atoms. The van der Waals surface area contributed by atoms with Gasteiger partial charge in [-0.15, -0.1) is 0 Å². The van der Waals surface area contributed by atoms with Crippen molar-refractivity contribution in [2.75, 3.05) is 13.7 Å². The number of aromatic nitrogens is 2. The van der Waals surface area contributed by atoms with Crippen molar-refractivity contribution in [1.82, 2.24) is 14.5 Å². The molecule has 0 radical (unpaired) electrons. The number of nitrogens with zero attached hydrogens (tertiary/aromatic N) is 3. The van der Waals surface area contributed by atoms with Gasteiger partial charge in [0.15, 0.2) is 0 Å². The summed E-state index contributed by atoms with van der Waals surface area (Å²) in [5.74, 6) is 2.82. The van der Waals surface area contributed by atoms with E-state index >= 15 is 0 Å². The number of imidazole rings is 1. The second kappa shape index (κ2) is 15.2. The highest BCUT2D eigenvalue weighted by molar-refractivity contribution is 5.68. The monoisotopic (exact) mass is 573 g/mol. The van der Waals surface area contributed by atoms with Crippen LogP contribution < -0.4 is 9.47 Å². The number of methoxy groups -OCH3 is 1. The first-order valence-corrected chi connectivity index (χ1v) is 15.5. The van der Waals surface area contributed by atoms with Crippen LogP contribution in [0.4, 0.5) is 0 Å². The van der Waals surface area contributed by atoms with Gasteiger partial charge in [0.25, 0.3) is 0 Å². The van der Waals surface area contributed by atoms with Crippen LogP contribution in [0.3, 0.4) is 0 Å². The van der Waals surface area contributed by atoms with Crippen LogP contribution in [0.15, 0.2) is 109 Å². The van der Waals surface area contributed by atoms with E-state index in [2.05, 4.69) is 120 Å². The molecule has 0 saturated carbocycles. The van der Waals surface area contributed by atoms with Gasteiger partial charge in [-0.1, -0.05) is 105 Å². The molecule has 0 unspecified atom stereocenters. The number of hydrogen-bond acceptors (Lipinski definition) is 4. The molecule has 0 aliphatic rings. The van der Waals surface area contributed by atoms with Crippen molar-refractivity contribution in [3.63, 3.8) is 0 Å². The third kappa shape index (κ3) is 7.94. The summed E-state index contributed by atoms with van der Waals surface area (Å²) in [5, 5.41) is 0. The second-order valence-electron chi connectivity index (χ2n) is 11.0. The van der Waals surface area contributed by atoms with Gasteiger partial charge in [-0.05, 0) is 48.2 Å². The summed E-state index contributed by atoms with van der Waals surface area (Å²) in [5.41, 5.74) is 7.08. The lowest BCUT2D eigenvalue weighted by Crippen LogP contribution is -2.24. The van der Waals surface area contributed by atoms with Crippen molar-refractivity contribution in [3.8, 4) is 34.1 Å². The fourth-order valence-electron chi connectivity index (χ4n) is 5.38. The average molecular weight is 574 g/mol. The predicted molar refractivity (Wildman–Crippen MR) is 176 cm³/mol. The Bertz CT molecular complexity index is 1530. The SMILES string of the molecule is CCCCn1c(-c2ccccc2)nc(-c2ccccc2)c1CN(Cc1ccc(OC)cc1)Cc1ccc(OCCC)cc1. The van der Waals surface area contributed by atoms with Crippen molar-refractivity contribution in [1.29, 1.82) is 0 Å². The first-order chi connectivity index (χ1) is 21.2. The van der Waals surface area contributed by atoms with Crippen molar-refractivity contribution in [2.24, 2.45) is 0 Å². The molecule has 5 rings (SSSR count). The van der Waals surface area contributed by atoms with E-state index in [0.717, 1.165) is 86.2 Å². The van der Waals surface area contributed by atoms with Gasteiger partial charge in [-0.2, -0.15) is 0 Å². The maximum absolute atomic E-state index is 5.85. The molecule has 0 N–H and O–H groups in total. The number of rotatable bonds is 15. The first-order valence-electron chi connectivity index (χ1n) is 15.5. The predicted octanol–water partition coefficient (Wildman–Crippen LogP) is 9.02. The Kier molecular flexibility index (Phi) is 10.7. The maximum Gasteiger partial charge on any atom is 0.140 e. The Labute approximate surface area is 256 Å². The third-order valence-electron chi connectivity index (χ3n) is 7.63. The fourth-order valence-corrected chi connectivity index (χ4v) is 5.38. The molecule has 0 fully saturated rings. The number of benzene rings is 4. The van der Waals surface area contributed by atoms with Crippen molar-refractivity contribution in [2.45, 2.75) is 59.3 Å². The molecule has 5 heteroatoms. The van der Waals surface area contributed by atoms with Crippen LogP contribution in [0.1, 0.15) is 49.9 Å². The number of unbranched alkanes of at least 4 members (excludes halogenated alkanes) is 1. The maximum atomic E-state index is 5.85. The highest BCUT2D eigenvalue weighted by atomic mass is 16.5. The summed E-state index contributed by atoms with van der Waals surface area (Å²) in [6.07, 6.45) is 3.21. The largest absolute Gasteiger partial charge is 0.497 e. The molecule has 222 valence electrons. The average Bonchev–Trinajstić information content (AvgIpc) is 3.42. The smallest absolute Gasteiger partial charge is 0.140 e. The molecule has 5 aromatic rings. The van der Waals surface area contributed by atoms with Gasteiger partial charge >= 0.3 is 0 Å². The molecule has 0 atom stereocenters. The summed E-state index contributed by atoms with van der Waals surface area (Å²) < 4.78 is 13.7. The third-order valence-corrected chi connectivity index (χ3v) is 7.63. The minimum Gasteiger partial charge on any atom is -0.497 e. The van der Waals surface area contributed by atoms with Crippen LogP contribution in [-0.4, -0.2) is 28.2 Å². The van der Waals surface area contributed by atoms with Crippen molar-refractivity contribution in [3.05, 3.63) is 126 Å². The number of ether oxygens (including phenoxy) is 2. The lowest BCUT2D eigenvalue weighted by atomic mass is 10.1. The van der Waals surface area contributed by atoms with Gasteiger partial charge in [0.2, 0.25) is 0 Å². The van der Waals surface area contributed by atoms with Crippen molar-refractivity contribution >= 4 is 0 Å². The Morgan fingerprint density at radius 3 is 1.79 bits per heavy atom. The van der Waals surface area contributed by atoms with E-state index in [0.29, 0.717) is 0 Å². The molecule has 1 aromatic heterocycles. The standard InChI is InChI=1S/C38H43N3O2/c1-4-6-25-41-36(37(32-13-9-7-10-14-32)39-38(41)33-15-11-8-12-16-33)29-40(27-30-17-21-34(42-3)22-18-30)28-31-19-23-35(24-20-31)43-26-5-2/h7-24H,4-6,25-29H2,1-3H3. The van der Waals surface area contributed by atoms with E-state index in [1.807, 2.05) is 12.1 Å². The molecule has 1 heterocycles. The Morgan fingerprint density at radius 1 is 0.651 bits per heavy atom. The number of hydrogen-bond donors (Lipinski definition) is 0. The van der Waals surface area contributed by atoms with E-state index < -0.39 is 0 Å². The van der Waals surface area contributed by atoms with Crippen LogP contribution in [0.2, 0.25) is 0 Å². The summed E-state index contributed by atoms with van der Waals surface area (Å²) in [4.78, 5) is 7.85. The fraction of sp³-hybridized carbons (Fsp3) is 0.289. The summed E-state index contributed by atoms with van der Waals surface area (Å²) in [6, 6.07) is 38.2. The summed E-state index contributed by atoms with van der Waals surface area (Å²) in [7, 11) is 1.71. The Balaban J connectivity index is 1.55. The van der Waals surface area contributed by atoms with Gasteiger partial charge in [-0.25, -0.2) is 4.98 Å². The normalized spacial score (nSPS) is 11.2. The van der Waals surface area contributed by atoms with Gasteiger partial charge < -0.3 is 14.0 Å². The van der Waals surface area contributed by atoms with Crippen LogP contribution in [-0.2, 0) is 26.2 Å². The van der Waals surface area contributed by atoms with E-state index in [-0.39, 0.29) is 0 Å². The first kappa shape index (κ1) is 30.1. The van der Waals surface area contributed by atoms with Crippen LogP contribution in [0.25, 0.3) is 22.6 Å².